The molecule has 0 saturated heterocycles. The summed E-state index contributed by atoms with van der Waals surface area (Å²) in [5.41, 5.74) is 0. The van der Waals surface area contributed by atoms with Gasteiger partial charge < -0.3 is 4.18 Å². The average Bonchev–Trinajstić information content (AvgIpc) is 2.66. The summed E-state index contributed by atoms with van der Waals surface area (Å²) in [5, 5.41) is 5.93. The first-order chi connectivity index (χ1) is 12.6. The van der Waals surface area contributed by atoms with Crippen molar-refractivity contribution in [3.8, 4) is 5.75 Å². The molecular weight excluding hydrogens is 344 g/mol. The molecule has 0 heterocycles. The second-order valence-electron chi connectivity index (χ2n) is 6.27. The van der Waals surface area contributed by atoms with E-state index in [1.807, 2.05) is 48.5 Å². The van der Waals surface area contributed by atoms with Gasteiger partial charge in [-0.2, -0.15) is 8.42 Å². The predicted octanol–water partition coefficient (Wildman–Crippen LogP) is 5.35. The zero-order valence-electron chi connectivity index (χ0n) is 13.7. The van der Waals surface area contributed by atoms with Gasteiger partial charge in [-0.15, -0.1) is 0 Å². The molecular formula is C22H14O3S. The third kappa shape index (κ3) is 2.23. The molecule has 4 heteroatoms. The van der Waals surface area contributed by atoms with Crippen molar-refractivity contribution < 1.29 is 12.6 Å². The van der Waals surface area contributed by atoms with Gasteiger partial charge in [0.25, 0.3) is 0 Å². The van der Waals surface area contributed by atoms with E-state index in [1.165, 1.54) is 0 Å². The molecule has 5 aromatic rings. The average molecular weight is 358 g/mol. The summed E-state index contributed by atoms with van der Waals surface area (Å²) < 4.78 is 31.2. The van der Waals surface area contributed by atoms with E-state index >= 15 is 0 Å². The van der Waals surface area contributed by atoms with Crippen molar-refractivity contribution in [2.24, 2.45) is 0 Å². The molecule has 0 saturated carbocycles. The lowest BCUT2D eigenvalue weighted by atomic mass is 9.94. The highest BCUT2D eigenvalue weighted by Crippen LogP contribution is 2.37. The second-order valence-corrected chi connectivity index (χ2v) is 7.78. The number of hydrogen-bond donors (Lipinski definition) is 0. The molecule has 126 valence electrons. The fourth-order valence-corrected chi connectivity index (χ4v) is 4.70. The van der Waals surface area contributed by atoms with E-state index in [0.29, 0.717) is 11.1 Å². The summed E-state index contributed by atoms with van der Waals surface area (Å²) in [6.45, 7) is 0. The molecule has 0 unspecified atom stereocenters. The Morgan fingerprint density at radius 1 is 0.577 bits per heavy atom. The smallest absolute Gasteiger partial charge is 0.339 e. The summed E-state index contributed by atoms with van der Waals surface area (Å²) >= 11 is 0. The van der Waals surface area contributed by atoms with Gasteiger partial charge in [0.05, 0.1) is 0 Å². The van der Waals surface area contributed by atoms with Crippen LogP contribution in [0.15, 0.2) is 89.8 Å². The minimum absolute atomic E-state index is 0.187. The topological polar surface area (TPSA) is 43.4 Å². The van der Waals surface area contributed by atoms with Gasteiger partial charge in [-0.25, -0.2) is 0 Å². The van der Waals surface area contributed by atoms with E-state index in [0.717, 1.165) is 26.9 Å². The Bertz CT molecular complexity index is 1340. The first-order valence-electron chi connectivity index (χ1n) is 8.29. The molecule has 0 radical (unpaired) electrons. The number of para-hydroxylation sites is 1. The normalized spacial score (nSPS) is 12.2. The molecule has 0 fully saturated rings. The molecule has 0 amide bonds. The molecule has 0 bridgehead atoms. The van der Waals surface area contributed by atoms with Crippen LogP contribution in [-0.2, 0) is 10.1 Å². The monoisotopic (exact) mass is 358 g/mol. The van der Waals surface area contributed by atoms with Crippen LogP contribution < -0.4 is 4.18 Å². The molecule has 3 nitrogen and oxygen atoms in total. The van der Waals surface area contributed by atoms with Crippen LogP contribution in [0.4, 0.5) is 0 Å². The van der Waals surface area contributed by atoms with Gasteiger partial charge in [0.2, 0.25) is 0 Å². The number of rotatable bonds is 3. The van der Waals surface area contributed by atoms with E-state index in [4.69, 9.17) is 4.18 Å². The van der Waals surface area contributed by atoms with Crippen LogP contribution >= 0.6 is 0 Å². The highest BCUT2D eigenvalue weighted by atomic mass is 32.2. The van der Waals surface area contributed by atoms with Gasteiger partial charge in [0.15, 0.2) is 0 Å². The summed E-state index contributed by atoms with van der Waals surface area (Å²) in [4.78, 5) is 0.187. The standard InChI is InChI=1S/C22H14O3S/c23-26(24,25-18-7-2-1-3-8-18)20-14-12-17-10-9-15-5-4-6-16-11-13-19(20)22(17)21(15)16/h1-14H. The maximum Gasteiger partial charge on any atom is 0.339 e. The maximum absolute atomic E-state index is 12.9. The van der Waals surface area contributed by atoms with E-state index in [1.54, 1.807) is 30.3 Å². The van der Waals surface area contributed by atoms with Gasteiger partial charge >= 0.3 is 10.1 Å². The quantitative estimate of drug-likeness (QED) is 0.322. The maximum atomic E-state index is 12.9. The zero-order chi connectivity index (χ0) is 17.7. The molecule has 5 aromatic carbocycles. The van der Waals surface area contributed by atoms with Gasteiger partial charge in [-0.3, -0.25) is 0 Å². The molecule has 0 aliphatic rings. The van der Waals surface area contributed by atoms with Crippen molar-refractivity contribution in [1.29, 1.82) is 0 Å². The fourth-order valence-electron chi connectivity index (χ4n) is 3.57. The lowest BCUT2D eigenvalue weighted by Crippen LogP contribution is -2.10. The van der Waals surface area contributed by atoms with Crippen molar-refractivity contribution in [3.05, 3.63) is 84.9 Å². The Labute approximate surface area is 150 Å². The van der Waals surface area contributed by atoms with Crippen LogP contribution in [0, 0.1) is 0 Å². The van der Waals surface area contributed by atoms with Gasteiger partial charge in [-0.1, -0.05) is 66.7 Å². The van der Waals surface area contributed by atoms with Crippen molar-refractivity contribution in [1.82, 2.24) is 0 Å². The van der Waals surface area contributed by atoms with Crippen molar-refractivity contribution in [2.45, 2.75) is 4.90 Å². The summed E-state index contributed by atoms with van der Waals surface area (Å²) in [6.07, 6.45) is 0. The minimum Gasteiger partial charge on any atom is -0.379 e. The van der Waals surface area contributed by atoms with Crippen LogP contribution in [-0.4, -0.2) is 8.42 Å². The predicted molar refractivity (Wildman–Crippen MR) is 104 cm³/mol. The molecule has 5 rings (SSSR count). The Morgan fingerprint density at radius 2 is 1.19 bits per heavy atom. The molecule has 0 aliphatic heterocycles. The third-order valence-electron chi connectivity index (χ3n) is 4.71. The summed E-state index contributed by atoms with van der Waals surface area (Å²) in [7, 11) is -3.94. The molecule has 0 aliphatic carbocycles. The van der Waals surface area contributed by atoms with Gasteiger partial charge in [0, 0.05) is 5.39 Å². The lowest BCUT2D eigenvalue weighted by Gasteiger charge is -2.14. The van der Waals surface area contributed by atoms with Crippen LogP contribution in [0.25, 0.3) is 32.3 Å². The molecule has 26 heavy (non-hydrogen) atoms. The molecule has 0 atom stereocenters. The Morgan fingerprint density at radius 3 is 1.92 bits per heavy atom. The van der Waals surface area contributed by atoms with Gasteiger partial charge in [0.1, 0.15) is 10.6 Å². The van der Waals surface area contributed by atoms with E-state index in [-0.39, 0.29) is 4.90 Å². The summed E-state index contributed by atoms with van der Waals surface area (Å²) in [6, 6.07) is 26.1. The second kappa shape index (κ2) is 5.44. The highest BCUT2D eigenvalue weighted by Gasteiger charge is 2.21. The highest BCUT2D eigenvalue weighted by molar-refractivity contribution is 7.87. The summed E-state index contributed by atoms with van der Waals surface area (Å²) in [5.74, 6) is 0.304. The largest absolute Gasteiger partial charge is 0.379 e. The lowest BCUT2D eigenvalue weighted by molar-refractivity contribution is 0.487. The van der Waals surface area contributed by atoms with E-state index in [9.17, 15) is 8.42 Å². The molecule has 0 spiro atoms. The van der Waals surface area contributed by atoms with Crippen LogP contribution in [0.2, 0.25) is 0 Å². The molecule has 0 aromatic heterocycles. The van der Waals surface area contributed by atoms with Gasteiger partial charge in [-0.05, 0) is 45.1 Å². The van der Waals surface area contributed by atoms with E-state index < -0.39 is 10.1 Å². The third-order valence-corrected chi connectivity index (χ3v) is 6.01. The number of benzene rings is 5. The first kappa shape index (κ1) is 15.2. The van der Waals surface area contributed by atoms with Crippen LogP contribution in [0.3, 0.4) is 0 Å². The van der Waals surface area contributed by atoms with E-state index in [2.05, 4.69) is 6.07 Å². The van der Waals surface area contributed by atoms with Crippen molar-refractivity contribution >= 4 is 42.4 Å². The van der Waals surface area contributed by atoms with Crippen molar-refractivity contribution in [3.63, 3.8) is 0 Å². The van der Waals surface area contributed by atoms with Crippen LogP contribution in [0.5, 0.6) is 5.75 Å². The van der Waals surface area contributed by atoms with Crippen molar-refractivity contribution in [2.75, 3.05) is 0 Å². The van der Waals surface area contributed by atoms with Crippen LogP contribution in [0.1, 0.15) is 0 Å². The fraction of sp³-hybridized carbons (Fsp3) is 0. The Hall–Kier alpha value is -3.11. The zero-order valence-corrected chi connectivity index (χ0v) is 14.5. The molecule has 0 N–H and O–H groups in total. The Kier molecular flexibility index (Phi) is 3.18. The minimum atomic E-state index is -3.94. The SMILES string of the molecule is O=S(=O)(Oc1ccccc1)c1ccc2ccc3cccc4ccc1c2c34. The Balaban J connectivity index is 1.81. The first-order valence-corrected chi connectivity index (χ1v) is 9.70. The number of hydrogen-bond acceptors (Lipinski definition) is 3.